The van der Waals surface area contributed by atoms with Crippen LogP contribution >= 0.6 is 0 Å². The van der Waals surface area contributed by atoms with Gasteiger partial charge in [-0.15, -0.1) is 0 Å². The van der Waals surface area contributed by atoms with Gasteiger partial charge in [-0.3, -0.25) is 0 Å². The van der Waals surface area contributed by atoms with Crippen molar-refractivity contribution in [1.29, 1.82) is 0 Å². The van der Waals surface area contributed by atoms with Gasteiger partial charge in [0.25, 0.3) is 0 Å². The minimum absolute atomic E-state index is 0.160. The first-order valence-electron chi connectivity index (χ1n) is 6.42. The molecule has 0 spiro atoms. The molecule has 0 atom stereocenters. The van der Waals surface area contributed by atoms with Crippen LogP contribution in [0, 0.1) is 6.92 Å². The summed E-state index contributed by atoms with van der Waals surface area (Å²) >= 11 is 0. The summed E-state index contributed by atoms with van der Waals surface area (Å²) < 4.78 is 1.70. The summed E-state index contributed by atoms with van der Waals surface area (Å²) in [7, 11) is 0. The van der Waals surface area contributed by atoms with Crippen molar-refractivity contribution >= 4 is 0 Å². The lowest BCUT2D eigenvalue weighted by Crippen LogP contribution is -2.02. The van der Waals surface area contributed by atoms with Crippen molar-refractivity contribution in [3.05, 3.63) is 35.4 Å². The van der Waals surface area contributed by atoms with Gasteiger partial charge >= 0.3 is 0 Å². The van der Waals surface area contributed by atoms with Gasteiger partial charge in [-0.2, -0.15) is 5.10 Å². The maximum Gasteiger partial charge on any atom is 0.213 e. The van der Waals surface area contributed by atoms with Gasteiger partial charge in [0, 0.05) is 11.1 Å². The van der Waals surface area contributed by atoms with Crippen molar-refractivity contribution in [2.75, 3.05) is 0 Å². The largest absolute Gasteiger partial charge is 0.493 e. The molecule has 0 fully saturated rings. The first-order chi connectivity index (χ1) is 8.56. The van der Waals surface area contributed by atoms with E-state index in [1.165, 1.54) is 5.56 Å². The highest BCUT2D eigenvalue weighted by atomic mass is 16.3. The number of hydrogen-bond acceptors (Lipinski definition) is 2. The molecule has 2 aromatic rings. The SMILES string of the molecule is CCc1c(-c2ccccc2C)nn(C(C)C)c1O. The first-order valence-corrected chi connectivity index (χ1v) is 6.42. The molecule has 0 radical (unpaired) electrons. The van der Waals surface area contributed by atoms with Gasteiger partial charge in [0.05, 0.1) is 11.7 Å². The third-order valence-corrected chi connectivity index (χ3v) is 3.22. The van der Waals surface area contributed by atoms with E-state index in [0.29, 0.717) is 5.88 Å². The zero-order valence-electron chi connectivity index (χ0n) is 11.4. The molecule has 3 nitrogen and oxygen atoms in total. The second-order valence-electron chi connectivity index (χ2n) is 4.86. The molecule has 0 bridgehead atoms. The van der Waals surface area contributed by atoms with E-state index >= 15 is 0 Å². The van der Waals surface area contributed by atoms with Crippen LogP contribution in [0.3, 0.4) is 0 Å². The average Bonchev–Trinajstić information content (AvgIpc) is 2.67. The average molecular weight is 244 g/mol. The molecular weight excluding hydrogens is 224 g/mol. The minimum Gasteiger partial charge on any atom is -0.493 e. The van der Waals surface area contributed by atoms with Gasteiger partial charge in [-0.25, -0.2) is 4.68 Å². The Morgan fingerprint density at radius 3 is 2.50 bits per heavy atom. The molecule has 18 heavy (non-hydrogen) atoms. The Morgan fingerprint density at radius 1 is 1.28 bits per heavy atom. The normalized spacial score (nSPS) is 11.2. The van der Waals surface area contributed by atoms with E-state index in [2.05, 4.69) is 24.2 Å². The lowest BCUT2D eigenvalue weighted by atomic mass is 10.0. The summed E-state index contributed by atoms with van der Waals surface area (Å²) in [6.07, 6.45) is 0.780. The molecule has 0 amide bonds. The Hall–Kier alpha value is -1.77. The molecule has 1 heterocycles. The Labute approximate surface area is 108 Å². The number of aromatic nitrogens is 2. The van der Waals surface area contributed by atoms with Gasteiger partial charge in [-0.1, -0.05) is 31.2 Å². The monoisotopic (exact) mass is 244 g/mol. The van der Waals surface area contributed by atoms with Crippen LogP contribution in [-0.2, 0) is 6.42 Å². The molecule has 96 valence electrons. The van der Waals surface area contributed by atoms with E-state index in [1.54, 1.807) is 4.68 Å². The number of aryl methyl sites for hydroxylation is 1. The number of hydrogen-bond donors (Lipinski definition) is 1. The Morgan fingerprint density at radius 2 is 1.94 bits per heavy atom. The van der Waals surface area contributed by atoms with Crippen LogP contribution in [0.25, 0.3) is 11.3 Å². The Balaban J connectivity index is 2.65. The molecule has 0 aliphatic carbocycles. The fourth-order valence-electron chi connectivity index (χ4n) is 2.20. The second kappa shape index (κ2) is 4.84. The molecule has 0 saturated heterocycles. The van der Waals surface area contributed by atoms with Crippen molar-refractivity contribution in [3.63, 3.8) is 0 Å². The van der Waals surface area contributed by atoms with E-state index in [4.69, 9.17) is 0 Å². The van der Waals surface area contributed by atoms with Crippen LogP contribution in [0.15, 0.2) is 24.3 Å². The number of nitrogens with zero attached hydrogens (tertiary/aromatic N) is 2. The molecule has 1 aromatic carbocycles. The van der Waals surface area contributed by atoms with Gasteiger partial charge < -0.3 is 5.11 Å². The smallest absolute Gasteiger partial charge is 0.213 e. The molecule has 0 saturated carbocycles. The van der Waals surface area contributed by atoms with E-state index in [-0.39, 0.29) is 6.04 Å². The van der Waals surface area contributed by atoms with Crippen molar-refractivity contribution in [1.82, 2.24) is 9.78 Å². The molecule has 0 unspecified atom stereocenters. The number of aromatic hydroxyl groups is 1. The van der Waals surface area contributed by atoms with Gasteiger partial charge in [0.15, 0.2) is 0 Å². The Bertz CT molecular complexity index is 556. The van der Waals surface area contributed by atoms with E-state index in [0.717, 1.165) is 23.2 Å². The predicted molar refractivity (Wildman–Crippen MR) is 73.8 cm³/mol. The van der Waals surface area contributed by atoms with E-state index in [9.17, 15) is 5.11 Å². The van der Waals surface area contributed by atoms with Crippen molar-refractivity contribution in [2.24, 2.45) is 0 Å². The quantitative estimate of drug-likeness (QED) is 0.893. The van der Waals surface area contributed by atoms with Crippen LogP contribution in [0.2, 0.25) is 0 Å². The maximum atomic E-state index is 10.2. The summed E-state index contributed by atoms with van der Waals surface area (Å²) in [6, 6.07) is 8.31. The van der Waals surface area contributed by atoms with Crippen LogP contribution in [0.4, 0.5) is 0 Å². The van der Waals surface area contributed by atoms with E-state index < -0.39 is 0 Å². The summed E-state index contributed by atoms with van der Waals surface area (Å²) in [4.78, 5) is 0. The molecule has 1 N–H and O–H groups in total. The van der Waals surface area contributed by atoms with Crippen LogP contribution in [0.1, 0.15) is 37.9 Å². The number of rotatable bonds is 3. The van der Waals surface area contributed by atoms with Crippen molar-refractivity contribution in [3.8, 4) is 17.1 Å². The summed E-state index contributed by atoms with van der Waals surface area (Å²) in [6.45, 7) is 8.16. The zero-order chi connectivity index (χ0) is 13.3. The summed E-state index contributed by atoms with van der Waals surface area (Å²) in [5.74, 6) is 0.297. The predicted octanol–water partition coefficient (Wildman–Crippen LogP) is 3.71. The molecular formula is C15H20N2O. The minimum atomic E-state index is 0.160. The molecule has 2 rings (SSSR count). The highest BCUT2D eigenvalue weighted by Crippen LogP contribution is 2.33. The molecule has 3 heteroatoms. The lowest BCUT2D eigenvalue weighted by Gasteiger charge is -2.06. The highest BCUT2D eigenvalue weighted by molar-refractivity contribution is 5.68. The summed E-state index contributed by atoms with van der Waals surface area (Å²) in [5, 5.41) is 14.8. The van der Waals surface area contributed by atoms with Crippen LogP contribution < -0.4 is 0 Å². The van der Waals surface area contributed by atoms with Gasteiger partial charge in [0.1, 0.15) is 0 Å². The lowest BCUT2D eigenvalue weighted by molar-refractivity contribution is 0.374. The molecule has 1 aromatic heterocycles. The fourth-order valence-corrected chi connectivity index (χ4v) is 2.20. The Kier molecular flexibility index (Phi) is 3.41. The standard InChI is InChI=1S/C15H20N2O/c1-5-12-14(13-9-7-6-8-11(13)4)16-17(10(2)3)15(12)18/h6-10,18H,5H2,1-4H3. The van der Waals surface area contributed by atoms with Gasteiger partial charge in [-0.05, 0) is 32.8 Å². The van der Waals surface area contributed by atoms with Crippen LogP contribution in [-0.4, -0.2) is 14.9 Å². The highest BCUT2D eigenvalue weighted by Gasteiger charge is 2.19. The third kappa shape index (κ3) is 2.01. The topological polar surface area (TPSA) is 38.0 Å². The van der Waals surface area contributed by atoms with Crippen LogP contribution in [0.5, 0.6) is 5.88 Å². The summed E-state index contributed by atoms with van der Waals surface area (Å²) in [5.41, 5.74) is 4.12. The van der Waals surface area contributed by atoms with Gasteiger partial charge in [0.2, 0.25) is 5.88 Å². The fraction of sp³-hybridized carbons (Fsp3) is 0.400. The molecule has 0 aliphatic heterocycles. The first kappa shape index (κ1) is 12.7. The zero-order valence-corrected chi connectivity index (χ0v) is 11.4. The molecule has 0 aliphatic rings. The van der Waals surface area contributed by atoms with Crippen molar-refractivity contribution < 1.29 is 5.11 Å². The van der Waals surface area contributed by atoms with E-state index in [1.807, 2.05) is 32.9 Å². The maximum absolute atomic E-state index is 10.2. The van der Waals surface area contributed by atoms with Crippen molar-refractivity contribution in [2.45, 2.75) is 40.2 Å². The third-order valence-electron chi connectivity index (χ3n) is 3.22. The number of benzene rings is 1. The second-order valence-corrected chi connectivity index (χ2v) is 4.86.